The van der Waals surface area contributed by atoms with Crippen LogP contribution < -0.4 is 0 Å². The second-order valence-electron chi connectivity index (χ2n) is 2.43. The highest BCUT2D eigenvalue weighted by Gasteiger charge is 2.28. The van der Waals surface area contributed by atoms with Crippen molar-refractivity contribution in [2.24, 2.45) is 0 Å². The van der Waals surface area contributed by atoms with Gasteiger partial charge in [-0.05, 0) is 11.4 Å². The van der Waals surface area contributed by atoms with Crippen LogP contribution in [-0.4, -0.2) is 18.9 Å². The SMILES string of the molecule is COC(=O)C(=O)[C@H](C#N)c1cccs1. The first-order valence-electron chi connectivity index (χ1n) is 3.76. The molecule has 0 N–H and O–H groups in total. The Labute approximate surface area is 84.7 Å². The fourth-order valence-electron chi connectivity index (χ4n) is 0.925. The third-order valence-corrected chi connectivity index (χ3v) is 2.54. The van der Waals surface area contributed by atoms with E-state index in [-0.39, 0.29) is 0 Å². The largest absolute Gasteiger partial charge is 0.463 e. The van der Waals surface area contributed by atoms with Gasteiger partial charge in [0.05, 0.1) is 13.2 Å². The average molecular weight is 209 g/mol. The van der Waals surface area contributed by atoms with E-state index in [1.165, 1.54) is 11.3 Å². The molecule has 14 heavy (non-hydrogen) atoms. The van der Waals surface area contributed by atoms with E-state index in [1.54, 1.807) is 23.6 Å². The van der Waals surface area contributed by atoms with Crippen molar-refractivity contribution >= 4 is 23.1 Å². The molecule has 0 fully saturated rings. The van der Waals surface area contributed by atoms with Crippen molar-refractivity contribution in [1.29, 1.82) is 5.26 Å². The number of esters is 1. The molecule has 0 radical (unpaired) electrons. The minimum atomic E-state index is -1.04. The summed E-state index contributed by atoms with van der Waals surface area (Å²) in [6, 6.07) is 5.13. The zero-order valence-corrected chi connectivity index (χ0v) is 8.21. The molecular formula is C9H7NO3S. The molecule has 0 amide bonds. The molecule has 0 spiro atoms. The summed E-state index contributed by atoms with van der Waals surface area (Å²) in [6.07, 6.45) is 0. The van der Waals surface area contributed by atoms with Gasteiger partial charge in [0, 0.05) is 4.88 Å². The molecule has 1 rings (SSSR count). The summed E-state index contributed by atoms with van der Waals surface area (Å²) in [4.78, 5) is 22.8. The van der Waals surface area contributed by atoms with E-state index in [4.69, 9.17) is 5.26 Å². The lowest BCUT2D eigenvalue weighted by Crippen LogP contribution is -2.21. The summed E-state index contributed by atoms with van der Waals surface area (Å²) in [5, 5.41) is 10.5. The number of hydrogen-bond acceptors (Lipinski definition) is 5. The van der Waals surface area contributed by atoms with Gasteiger partial charge in [0.2, 0.25) is 0 Å². The van der Waals surface area contributed by atoms with Crippen molar-refractivity contribution in [2.75, 3.05) is 7.11 Å². The molecule has 0 aliphatic rings. The van der Waals surface area contributed by atoms with Crippen LogP contribution in [0.3, 0.4) is 0 Å². The van der Waals surface area contributed by atoms with Crippen molar-refractivity contribution in [3.63, 3.8) is 0 Å². The van der Waals surface area contributed by atoms with Gasteiger partial charge in [-0.25, -0.2) is 4.79 Å². The summed E-state index contributed by atoms with van der Waals surface area (Å²) in [6.45, 7) is 0. The van der Waals surface area contributed by atoms with E-state index in [1.807, 2.05) is 0 Å². The number of thiophene rings is 1. The lowest BCUT2D eigenvalue weighted by atomic mass is 10.0. The summed E-state index contributed by atoms with van der Waals surface area (Å²) in [5.74, 6) is -2.84. The number of methoxy groups -OCH3 is 1. The van der Waals surface area contributed by atoms with E-state index >= 15 is 0 Å². The Morgan fingerprint density at radius 3 is 2.79 bits per heavy atom. The van der Waals surface area contributed by atoms with E-state index < -0.39 is 17.7 Å². The molecule has 0 aromatic carbocycles. The summed E-state index contributed by atoms with van der Waals surface area (Å²) in [7, 11) is 1.11. The molecule has 5 heteroatoms. The van der Waals surface area contributed by atoms with Crippen LogP contribution in [-0.2, 0) is 14.3 Å². The van der Waals surface area contributed by atoms with E-state index in [0.717, 1.165) is 7.11 Å². The lowest BCUT2D eigenvalue weighted by molar-refractivity contribution is -0.151. The molecule has 1 aromatic heterocycles. The van der Waals surface area contributed by atoms with Crippen LogP contribution in [0.4, 0.5) is 0 Å². The van der Waals surface area contributed by atoms with Crippen molar-refractivity contribution in [1.82, 2.24) is 0 Å². The number of hydrogen-bond donors (Lipinski definition) is 0. The molecule has 0 aliphatic heterocycles. The molecule has 72 valence electrons. The van der Waals surface area contributed by atoms with Gasteiger partial charge in [-0.2, -0.15) is 5.26 Å². The van der Waals surface area contributed by atoms with Crippen LogP contribution in [0.5, 0.6) is 0 Å². The molecule has 1 aromatic rings. The Morgan fingerprint density at radius 1 is 1.64 bits per heavy atom. The zero-order chi connectivity index (χ0) is 10.6. The standard InChI is InChI=1S/C9H7NO3S/c1-13-9(12)8(11)6(5-10)7-3-2-4-14-7/h2-4,6H,1H3/t6-/m1/s1. The van der Waals surface area contributed by atoms with Gasteiger partial charge in [-0.15, -0.1) is 11.3 Å². The van der Waals surface area contributed by atoms with Crippen molar-refractivity contribution in [3.05, 3.63) is 22.4 Å². The maximum absolute atomic E-state index is 11.3. The number of nitrogens with zero attached hydrogens (tertiary/aromatic N) is 1. The molecule has 4 nitrogen and oxygen atoms in total. The highest BCUT2D eigenvalue weighted by molar-refractivity contribution is 7.10. The Kier molecular flexibility index (Phi) is 3.37. The molecule has 1 heterocycles. The van der Waals surface area contributed by atoms with Gasteiger partial charge in [0.25, 0.3) is 5.78 Å². The second-order valence-corrected chi connectivity index (χ2v) is 3.41. The minimum Gasteiger partial charge on any atom is -0.463 e. The van der Waals surface area contributed by atoms with Crippen LogP contribution in [0, 0.1) is 11.3 Å². The maximum atomic E-state index is 11.3. The Balaban J connectivity index is 2.90. The van der Waals surface area contributed by atoms with Crippen molar-refractivity contribution < 1.29 is 14.3 Å². The van der Waals surface area contributed by atoms with Crippen LogP contribution in [0.1, 0.15) is 10.8 Å². The van der Waals surface area contributed by atoms with Gasteiger partial charge in [0.15, 0.2) is 5.92 Å². The number of rotatable bonds is 3. The number of carbonyl (C=O) groups excluding carboxylic acids is 2. The van der Waals surface area contributed by atoms with E-state index in [0.29, 0.717) is 4.88 Å². The maximum Gasteiger partial charge on any atom is 0.376 e. The first kappa shape index (κ1) is 10.4. The van der Waals surface area contributed by atoms with Crippen molar-refractivity contribution in [3.8, 4) is 6.07 Å². The average Bonchev–Trinajstić information content (AvgIpc) is 2.71. The molecule has 0 bridgehead atoms. The minimum absolute atomic E-state index is 0.558. The number of ether oxygens (including phenoxy) is 1. The third kappa shape index (κ3) is 1.98. The normalized spacial score (nSPS) is 11.4. The smallest absolute Gasteiger partial charge is 0.376 e. The summed E-state index contributed by atoms with van der Waals surface area (Å²) >= 11 is 1.26. The van der Waals surface area contributed by atoms with Crippen LogP contribution in [0.2, 0.25) is 0 Å². The van der Waals surface area contributed by atoms with Gasteiger partial charge >= 0.3 is 5.97 Å². The summed E-state index contributed by atoms with van der Waals surface area (Å²) < 4.78 is 4.26. The fourth-order valence-corrected chi connectivity index (χ4v) is 1.69. The van der Waals surface area contributed by atoms with Crippen molar-refractivity contribution in [2.45, 2.75) is 5.92 Å². The highest BCUT2D eigenvalue weighted by atomic mass is 32.1. The van der Waals surface area contributed by atoms with Gasteiger partial charge in [-0.1, -0.05) is 6.07 Å². The first-order valence-corrected chi connectivity index (χ1v) is 4.64. The monoisotopic (exact) mass is 209 g/mol. The number of ketones is 1. The number of carbonyl (C=O) groups is 2. The van der Waals surface area contributed by atoms with Crippen LogP contribution in [0.15, 0.2) is 17.5 Å². The van der Waals surface area contributed by atoms with Gasteiger partial charge in [0.1, 0.15) is 0 Å². The second kappa shape index (κ2) is 4.53. The Morgan fingerprint density at radius 2 is 2.36 bits per heavy atom. The number of nitriles is 1. The molecular weight excluding hydrogens is 202 g/mol. The molecule has 0 unspecified atom stereocenters. The van der Waals surface area contributed by atoms with Crippen LogP contribution in [0.25, 0.3) is 0 Å². The van der Waals surface area contributed by atoms with Crippen LogP contribution >= 0.6 is 11.3 Å². The zero-order valence-electron chi connectivity index (χ0n) is 7.39. The quantitative estimate of drug-likeness (QED) is 0.552. The topological polar surface area (TPSA) is 67.2 Å². The Bertz CT molecular complexity index is 377. The number of Topliss-reactive ketones (excluding diaryl/α,β-unsaturated/α-hetero) is 1. The first-order chi connectivity index (χ1) is 6.70. The van der Waals surface area contributed by atoms with Gasteiger partial charge < -0.3 is 4.74 Å². The van der Waals surface area contributed by atoms with E-state index in [9.17, 15) is 9.59 Å². The predicted octanol–water partition coefficient (Wildman–Crippen LogP) is 1.10. The Hall–Kier alpha value is -1.67. The predicted molar refractivity (Wildman–Crippen MR) is 49.7 cm³/mol. The molecule has 0 saturated carbocycles. The summed E-state index contributed by atoms with van der Waals surface area (Å²) in [5.41, 5.74) is 0. The highest BCUT2D eigenvalue weighted by Crippen LogP contribution is 2.21. The van der Waals surface area contributed by atoms with Gasteiger partial charge in [-0.3, -0.25) is 4.79 Å². The molecule has 0 saturated heterocycles. The molecule has 0 aliphatic carbocycles. The third-order valence-electron chi connectivity index (χ3n) is 1.61. The van der Waals surface area contributed by atoms with E-state index in [2.05, 4.69) is 4.74 Å². The fraction of sp³-hybridized carbons (Fsp3) is 0.222. The lowest BCUT2D eigenvalue weighted by Gasteiger charge is -2.02. The molecule has 1 atom stereocenters.